The molecule has 1 aromatic rings. The van der Waals surface area contributed by atoms with Gasteiger partial charge in [-0.3, -0.25) is 9.69 Å². The second-order valence-electron chi connectivity index (χ2n) is 5.54. The number of carbonyl (C=O) groups is 1. The van der Waals surface area contributed by atoms with E-state index in [2.05, 4.69) is 27.4 Å². The van der Waals surface area contributed by atoms with Gasteiger partial charge in [0.05, 0.1) is 6.61 Å². The molecule has 122 valence electrons. The maximum absolute atomic E-state index is 12.0. The van der Waals surface area contributed by atoms with Crippen molar-refractivity contribution in [2.75, 3.05) is 44.6 Å². The van der Waals surface area contributed by atoms with Gasteiger partial charge in [0, 0.05) is 32.4 Å². The molecule has 6 nitrogen and oxygen atoms in total. The van der Waals surface area contributed by atoms with Crippen LogP contribution in [0.1, 0.15) is 18.9 Å². The summed E-state index contributed by atoms with van der Waals surface area (Å²) < 4.78 is 5.53. The normalized spacial score (nSPS) is 18.9. The topological polar surface area (TPSA) is 66.5 Å². The molecule has 0 spiro atoms. The Morgan fingerprint density at radius 2 is 2.32 bits per heavy atom. The zero-order valence-corrected chi connectivity index (χ0v) is 13.5. The summed E-state index contributed by atoms with van der Waals surface area (Å²) in [6.45, 7) is 8.73. The van der Waals surface area contributed by atoms with Gasteiger partial charge in [0.25, 0.3) is 0 Å². The number of carbonyl (C=O) groups excluding carboxylic acids is 1. The average Bonchev–Trinajstić information content (AvgIpc) is 2.56. The highest BCUT2D eigenvalue weighted by Crippen LogP contribution is 2.05. The molecule has 0 aromatic carbocycles. The van der Waals surface area contributed by atoms with Crippen molar-refractivity contribution in [3.05, 3.63) is 23.9 Å². The quantitative estimate of drug-likeness (QED) is 0.737. The van der Waals surface area contributed by atoms with E-state index < -0.39 is 0 Å². The molecule has 2 N–H and O–H groups in total. The van der Waals surface area contributed by atoms with E-state index in [1.165, 1.54) is 0 Å². The van der Waals surface area contributed by atoms with E-state index in [4.69, 9.17) is 4.74 Å². The summed E-state index contributed by atoms with van der Waals surface area (Å²) in [5.41, 5.74) is 1.14. The minimum atomic E-state index is -0.333. The van der Waals surface area contributed by atoms with Crippen LogP contribution in [0.2, 0.25) is 0 Å². The fourth-order valence-electron chi connectivity index (χ4n) is 2.35. The highest BCUT2D eigenvalue weighted by atomic mass is 16.5. The predicted molar refractivity (Wildman–Crippen MR) is 86.9 cm³/mol. The third-order valence-electron chi connectivity index (χ3n) is 3.76. The first-order valence-electron chi connectivity index (χ1n) is 7.97. The molecule has 0 bridgehead atoms. The van der Waals surface area contributed by atoms with Gasteiger partial charge in [0.2, 0.25) is 5.91 Å². The minimum absolute atomic E-state index is 0.00777. The summed E-state index contributed by atoms with van der Waals surface area (Å²) in [6, 6.07) is 3.99. The van der Waals surface area contributed by atoms with Gasteiger partial charge in [0.15, 0.2) is 0 Å². The van der Waals surface area contributed by atoms with Gasteiger partial charge in [-0.05, 0) is 31.5 Å². The summed E-state index contributed by atoms with van der Waals surface area (Å²) in [5.74, 6) is 0.859. The second kappa shape index (κ2) is 8.70. The van der Waals surface area contributed by atoms with Crippen LogP contribution in [-0.4, -0.2) is 61.2 Å². The fraction of sp³-hybridized carbons (Fsp3) is 0.625. The lowest BCUT2D eigenvalue weighted by Gasteiger charge is -2.31. The number of anilines is 1. The number of nitrogens with zero attached hydrogens (tertiary/aromatic N) is 2. The highest BCUT2D eigenvalue weighted by molar-refractivity contribution is 5.81. The number of ether oxygens (including phenoxy) is 1. The smallest absolute Gasteiger partial charge is 0.250 e. The van der Waals surface area contributed by atoms with Crippen molar-refractivity contribution >= 4 is 11.7 Å². The summed E-state index contributed by atoms with van der Waals surface area (Å²) in [7, 11) is 0. The van der Waals surface area contributed by atoms with Gasteiger partial charge < -0.3 is 15.4 Å². The minimum Gasteiger partial charge on any atom is -0.370 e. The summed E-state index contributed by atoms with van der Waals surface area (Å²) in [5, 5.41) is 6.18. The largest absolute Gasteiger partial charge is 0.370 e. The molecule has 2 heterocycles. The third kappa shape index (κ3) is 5.27. The summed E-state index contributed by atoms with van der Waals surface area (Å²) >= 11 is 0. The molecule has 22 heavy (non-hydrogen) atoms. The molecule has 1 amide bonds. The number of morpholine rings is 1. The molecule has 0 saturated carbocycles. The number of aryl methyl sites for hydroxylation is 1. The predicted octanol–water partition coefficient (Wildman–Crippen LogP) is 1.03. The Morgan fingerprint density at radius 1 is 1.45 bits per heavy atom. The van der Waals surface area contributed by atoms with E-state index in [0.29, 0.717) is 19.7 Å². The first-order valence-corrected chi connectivity index (χ1v) is 7.97. The Kier molecular flexibility index (Phi) is 6.61. The van der Waals surface area contributed by atoms with E-state index in [0.717, 1.165) is 37.4 Å². The van der Waals surface area contributed by atoms with Crippen molar-refractivity contribution in [2.45, 2.75) is 26.4 Å². The molecule has 0 aliphatic carbocycles. The van der Waals surface area contributed by atoms with Crippen LogP contribution in [0.15, 0.2) is 18.3 Å². The molecule has 0 unspecified atom stereocenters. The lowest BCUT2D eigenvalue weighted by molar-refractivity contribution is -0.138. The van der Waals surface area contributed by atoms with Crippen LogP contribution in [0.4, 0.5) is 5.82 Å². The van der Waals surface area contributed by atoms with Crippen LogP contribution >= 0.6 is 0 Å². The SMILES string of the molecule is CCN1CCO[C@H](C(=O)NCCCNc2ccc(C)cn2)C1. The highest BCUT2D eigenvalue weighted by Gasteiger charge is 2.25. The van der Waals surface area contributed by atoms with E-state index in [1.807, 2.05) is 25.3 Å². The molecule has 2 rings (SSSR count). The molecular formula is C16H26N4O2. The van der Waals surface area contributed by atoms with Crippen LogP contribution in [0.25, 0.3) is 0 Å². The van der Waals surface area contributed by atoms with E-state index >= 15 is 0 Å². The second-order valence-corrected chi connectivity index (χ2v) is 5.54. The number of pyridine rings is 1. The molecule has 1 aromatic heterocycles. The van der Waals surface area contributed by atoms with E-state index in [-0.39, 0.29) is 12.0 Å². The first-order chi connectivity index (χ1) is 10.7. The number of hydrogen-bond acceptors (Lipinski definition) is 5. The third-order valence-corrected chi connectivity index (χ3v) is 3.76. The zero-order valence-electron chi connectivity index (χ0n) is 13.5. The number of nitrogens with one attached hydrogen (secondary N) is 2. The van der Waals surface area contributed by atoms with Crippen LogP contribution in [0, 0.1) is 6.92 Å². The van der Waals surface area contributed by atoms with Crippen LogP contribution < -0.4 is 10.6 Å². The van der Waals surface area contributed by atoms with Gasteiger partial charge in [-0.1, -0.05) is 13.0 Å². The van der Waals surface area contributed by atoms with Gasteiger partial charge in [-0.2, -0.15) is 0 Å². The average molecular weight is 306 g/mol. The molecule has 0 radical (unpaired) electrons. The van der Waals surface area contributed by atoms with E-state index in [9.17, 15) is 4.79 Å². The van der Waals surface area contributed by atoms with Gasteiger partial charge >= 0.3 is 0 Å². The fourth-order valence-corrected chi connectivity index (χ4v) is 2.35. The molecule has 6 heteroatoms. The summed E-state index contributed by atoms with van der Waals surface area (Å²) in [4.78, 5) is 18.5. The van der Waals surface area contributed by atoms with Gasteiger partial charge in [-0.25, -0.2) is 4.98 Å². The molecule has 1 fully saturated rings. The monoisotopic (exact) mass is 306 g/mol. The summed E-state index contributed by atoms with van der Waals surface area (Å²) in [6.07, 6.45) is 2.36. The number of rotatable bonds is 7. The Labute approximate surface area is 132 Å². The molecule has 1 aliphatic rings. The van der Waals surface area contributed by atoms with E-state index in [1.54, 1.807) is 0 Å². The van der Waals surface area contributed by atoms with Crippen LogP contribution in [-0.2, 0) is 9.53 Å². The Balaban J connectivity index is 1.60. The van der Waals surface area contributed by atoms with Crippen LogP contribution in [0.5, 0.6) is 0 Å². The Hall–Kier alpha value is -1.66. The Bertz CT molecular complexity index is 464. The van der Waals surface area contributed by atoms with Crippen molar-refractivity contribution in [2.24, 2.45) is 0 Å². The van der Waals surface area contributed by atoms with Crippen LogP contribution in [0.3, 0.4) is 0 Å². The molecular weight excluding hydrogens is 280 g/mol. The van der Waals surface area contributed by atoms with Crippen molar-refractivity contribution in [3.63, 3.8) is 0 Å². The molecule has 1 atom stereocenters. The molecule has 1 aliphatic heterocycles. The van der Waals surface area contributed by atoms with Gasteiger partial charge in [-0.15, -0.1) is 0 Å². The molecule has 1 saturated heterocycles. The maximum Gasteiger partial charge on any atom is 0.250 e. The Morgan fingerprint density at radius 3 is 3.05 bits per heavy atom. The maximum atomic E-state index is 12.0. The van der Waals surface area contributed by atoms with Crippen molar-refractivity contribution < 1.29 is 9.53 Å². The number of aromatic nitrogens is 1. The zero-order chi connectivity index (χ0) is 15.8. The number of hydrogen-bond donors (Lipinski definition) is 2. The van der Waals surface area contributed by atoms with Crippen molar-refractivity contribution in [3.8, 4) is 0 Å². The lowest BCUT2D eigenvalue weighted by atomic mass is 10.2. The van der Waals surface area contributed by atoms with Crippen molar-refractivity contribution in [1.82, 2.24) is 15.2 Å². The number of amides is 1. The van der Waals surface area contributed by atoms with Crippen molar-refractivity contribution in [1.29, 1.82) is 0 Å². The standard InChI is InChI=1S/C16H26N4O2/c1-3-20-9-10-22-14(12-20)16(21)18-8-4-7-17-15-6-5-13(2)11-19-15/h5-6,11,14H,3-4,7-10,12H2,1-2H3,(H,17,19)(H,18,21)/t14-/m0/s1. The number of likely N-dealkylation sites (N-methyl/N-ethyl adjacent to an activating group) is 1. The lowest BCUT2D eigenvalue weighted by Crippen LogP contribution is -2.49. The van der Waals surface area contributed by atoms with Gasteiger partial charge in [0.1, 0.15) is 11.9 Å². The first kappa shape index (κ1) is 16.7.